The molecule has 2 aliphatic heterocycles. The molecule has 6 nitrogen and oxygen atoms in total. The number of carbonyl (C=O) groups is 1. The van der Waals surface area contributed by atoms with Crippen molar-refractivity contribution >= 4 is 5.91 Å². The van der Waals surface area contributed by atoms with Crippen LogP contribution in [0.3, 0.4) is 0 Å². The van der Waals surface area contributed by atoms with E-state index >= 15 is 0 Å². The van der Waals surface area contributed by atoms with E-state index in [0.717, 1.165) is 44.3 Å². The molecule has 1 aromatic heterocycles. The monoisotopic (exact) mass is 399 g/mol. The second-order valence-corrected chi connectivity index (χ2v) is 7.90. The van der Waals surface area contributed by atoms with Crippen molar-refractivity contribution in [3.05, 3.63) is 52.6 Å². The maximum absolute atomic E-state index is 13.2. The van der Waals surface area contributed by atoms with Crippen LogP contribution in [0.2, 0.25) is 0 Å². The van der Waals surface area contributed by atoms with Crippen LogP contribution in [-0.4, -0.2) is 46.9 Å². The molecule has 154 valence electrons. The zero-order valence-corrected chi connectivity index (χ0v) is 16.4. The van der Waals surface area contributed by atoms with Gasteiger partial charge in [0.15, 0.2) is 0 Å². The van der Waals surface area contributed by atoms with Gasteiger partial charge in [-0.1, -0.05) is 0 Å². The van der Waals surface area contributed by atoms with Crippen LogP contribution < -0.4 is 5.56 Å². The number of ether oxygens (including phenoxy) is 1. The molecule has 0 atom stereocenters. The van der Waals surface area contributed by atoms with Crippen molar-refractivity contribution in [1.82, 2.24) is 14.7 Å². The van der Waals surface area contributed by atoms with Crippen LogP contribution in [0.25, 0.3) is 11.3 Å². The first-order valence-electron chi connectivity index (χ1n) is 10.3. The Hall–Kier alpha value is -2.54. The van der Waals surface area contributed by atoms with Crippen molar-refractivity contribution in [1.29, 1.82) is 0 Å². The maximum Gasteiger partial charge on any atom is 0.266 e. The number of piperidine rings is 1. The summed E-state index contributed by atoms with van der Waals surface area (Å²) in [7, 11) is 0. The molecule has 3 heterocycles. The van der Waals surface area contributed by atoms with Gasteiger partial charge in [0.1, 0.15) is 5.82 Å². The van der Waals surface area contributed by atoms with Crippen molar-refractivity contribution in [2.45, 2.75) is 32.2 Å². The van der Waals surface area contributed by atoms with Gasteiger partial charge in [-0.3, -0.25) is 9.59 Å². The highest BCUT2D eigenvalue weighted by molar-refractivity contribution is 5.79. The van der Waals surface area contributed by atoms with Crippen LogP contribution in [0.4, 0.5) is 4.39 Å². The standard InChI is InChI=1S/C22H26FN3O3/c23-19-3-1-17(2-4-19)20-5-6-21(27)26(24-20)15-16-7-11-25(12-8-16)22(28)18-9-13-29-14-10-18/h1-6,16,18H,7-15H2. The number of nitrogens with zero attached hydrogens (tertiary/aromatic N) is 3. The summed E-state index contributed by atoms with van der Waals surface area (Å²) in [5.41, 5.74) is 1.28. The number of aromatic nitrogens is 2. The SMILES string of the molecule is O=C(C1CCOCC1)N1CCC(Cn2nc(-c3ccc(F)cc3)ccc2=O)CC1. The minimum Gasteiger partial charge on any atom is -0.381 e. The first kappa shape index (κ1) is 19.8. The number of benzene rings is 1. The predicted molar refractivity (Wildman–Crippen MR) is 107 cm³/mol. The molecule has 0 bridgehead atoms. The Labute approximate surface area is 169 Å². The van der Waals surface area contributed by atoms with E-state index in [4.69, 9.17) is 4.74 Å². The van der Waals surface area contributed by atoms with Crippen LogP contribution in [-0.2, 0) is 16.1 Å². The molecule has 2 fully saturated rings. The predicted octanol–water partition coefficient (Wildman–Crippen LogP) is 2.71. The second kappa shape index (κ2) is 8.86. The summed E-state index contributed by atoms with van der Waals surface area (Å²) < 4.78 is 20.0. The number of hydrogen-bond donors (Lipinski definition) is 0. The molecule has 1 amide bonds. The van der Waals surface area contributed by atoms with Crippen molar-refractivity contribution in [2.75, 3.05) is 26.3 Å². The minimum atomic E-state index is -0.302. The number of amides is 1. The fourth-order valence-corrected chi connectivity index (χ4v) is 4.14. The quantitative estimate of drug-likeness (QED) is 0.793. The molecule has 0 unspecified atom stereocenters. The van der Waals surface area contributed by atoms with Crippen molar-refractivity contribution < 1.29 is 13.9 Å². The second-order valence-electron chi connectivity index (χ2n) is 7.90. The maximum atomic E-state index is 13.2. The lowest BCUT2D eigenvalue weighted by Crippen LogP contribution is -2.44. The fraction of sp³-hybridized carbons (Fsp3) is 0.500. The van der Waals surface area contributed by atoms with Gasteiger partial charge in [-0.15, -0.1) is 0 Å². The molecule has 1 aromatic carbocycles. The summed E-state index contributed by atoms with van der Waals surface area (Å²) in [6, 6.07) is 9.27. The number of likely N-dealkylation sites (tertiary alicyclic amines) is 1. The van der Waals surface area contributed by atoms with E-state index in [-0.39, 0.29) is 23.2 Å². The minimum absolute atomic E-state index is 0.0944. The molecule has 0 radical (unpaired) electrons. The molecule has 0 aliphatic carbocycles. The summed E-state index contributed by atoms with van der Waals surface area (Å²) >= 11 is 0. The van der Waals surface area contributed by atoms with Gasteiger partial charge in [0.05, 0.1) is 5.69 Å². The summed E-state index contributed by atoms with van der Waals surface area (Å²) in [5, 5.41) is 4.48. The summed E-state index contributed by atoms with van der Waals surface area (Å²) in [4.78, 5) is 26.9. The van der Waals surface area contributed by atoms with Crippen molar-refractivity contribution in [2.24, 2.45) is 11.8 Å². The van der Waals surface area contributed by atoms with E-state index in [1.165, 1.54) is 22.9 Å². The third kappa shape index (κ3) is 4.72. The average Bonchev–Trinajstić information content (AvgIpc) is 2.76. The van der Waals surface area contributed by atoms with Crippen LogP contribution in [0, 0.1) is 17.7 Å². The molecule has 2 aromatic rings. The summed E-state index contributed by atoms with van der Waals surface area (Å²) in [5.74, 6) is 0.351. The van der Waals surface area contributed by atoms with Gasteiger partial charge in [0.25, 0.3) is 5.56 Å². The van der Waals surface area contributed by atoms with Gasteiger partial charge in [-0.05, 0) is 61.9 Å². The number of halogens is 1. The Bertz CT molecular complexity index is 898. The molecule has 0 saturated carbocycles. The van der Waals surface area contributed by atoms with Crippen LogP contribution in [0.1, 0.15) is 25.7 Å². The highest BCUT2D eigenvalue weighted by atomic mass is 19.1. The Morgan fingerprint density at radius 3 is 2.41 bits per heavy atom. The number of carbonyl (C=O) groups excluding carboxylic acids is 1. The van der Waals surface area contributed by atoms with E-state index in [0.29, 0.717) is 31.4 Å². The van der Waals surface area contributed by atoms with Gasteiger partial charge >= 0.3 is 0 Å². The normalized spacial score (nSPS) is 18.7. The molecule has 4 rings (SSSR count). The average molecular weight is 399 g/mol. The van der Waals surface area contributed by atoms with Crippen LogP contribution >= 0.6 is 0 Å². The van der Waals surface area contributed by atoms with Gasteiger partial charge in [-0.25, -0.2) is 9.07 Å². The Balaban J connectivity index is 1.38. The number of hydrogen-bond acceptors (Lipinski definition) is 4. The first-order chi connectivity index (χ1) is 14.1. The van der Waals surface area contributed by atoms with Crippen molar-refractivity contribution in [3.8, 4) is 11.3 Å². The van der Waals surface area contributed by atoms with E-state index in [1.54, 1.807) is 18.2 Å². The lowest BCUT2D eigenvalue weighted by Gasteiger charge is -2.35. The third-order valence-electron chi connectivity index (χ3n) is 5.93. The zero-order valence-electron chi connectivity index (χ0n) is 16.4. The van der Waals surface area contributed by atoms with Crippen LogP contribution in [0.15, 0.2) is 41.2 Å². The molecular weight excluding hydrogens is 373 g/mol. The summed E-state index contributed by atoms with van der Waals surface area (Å²) in [6.07, 6.45) is 3.36. The lowest BCUT2D eigenvalue weighted by molar-refractivity contribution is -0.140. The van der Waals surface area contributed by atoms with Crippen molar-refractivity contribution in [3.63, 3.8) is 0 Å². The van der Waals surface area contributed by atoms with Gasteiger partial charge in [0.2, 0.25) is 5.91 Å². The van der Waals surface area contributed by atoms with Gasteiger partial charge < -0.3 is 9.64 Å². The Morgan fingerprint density at radius 2 is 1.72 bits per heavy atom. The van der Waals surface area contributed by atoms with Crippen LogP contribution in [0.5, 0.6) is 0 Å². The zero-order chi connectivity index (χ0) is 20.2. The van der Waals surface area contributed by atoms with Gasteiger partial charge in [-0.2, -0.15) is 5.10 Å². The molecule has 2 aliphatic rings. The smallest absolute Gasteiger partial charge is 0.266 e. The summed E-state index contributed by atoms with van der Waals surface area (Å²) in [6.45, 7) is 3.34. The third-order valence-corrected chi connectivity index (χ3v) is 5.93. The Morgan fingerprint density at radius 1 is 1.03 bits per heavy atom. The lowest BCUT2D eigenvalue weighted by atomic mass is 9.93. The molecule has 0 spiro atoms. The molecule has 0 N–H and O–H groups in total. The number of rotatable bonds is 4. The van der Waals surface area contributed by atoms with E-state index in [9.17, 15) is 14.0 Å². The van der Waals surface area contributed by atoms with E-state index in [2.05, 4.69) is 5.10 Å². The topological polar surface area (TPSA) is 64.4 Å². The van der Waals surface area contributed by atoms with Gasteiger partial charge in [0, 0.05) is 50.4 Å². The highest BCUT2D eigenvalue weighted by Crippen LogP contribution is 2.24. The highest BCUT2D eigenvalue weighted by Gasteiger charge is 2.29. The molecule has 29 heavy (non-hydrogen) atoms. The van der Waals surface area contributed by atoms with E-state index in [1.807, 2.05) is 4.90 Å². The molecule has 2 saturated heterocycles. The van der Waals surface area contributed by atoms with E-state index < -0.39 is 0 Å². The molecular formula is C22H26FN3O3. The fourth-order valence-electron chi connectivity index (χ4n) is 4.14. The largest absolute Gasteiger partial charge is 0.381 e. The Kier molecular flexibility index (Phi) is 6.04. The first-order valence-corrected chi connectivity index (χ1v) is 10.3. The molecule has 7 heteroatoms.